The Balaban J connectivity index is 2.34. The maximum Gasteiger partial charge on any atom is 0.276 e. The van der Waals surface area contributed by atoms with Gasteiger partial charge in [-0.1, -0.05) is 28.1 Å². The molecule has 4 nitrogen and oxygen atoms in total. The van der Waals surface area contributed by atoms with Crippen molar-refractivity contribution < 1.29 is 9.90 Å². The van der Waals surface area contributed by atoms with Crippen LogP contribution in [0.4, 0.5) is 0 Å². The molecule has 0 unspecified atom stereocenters. The van der Waals surface area contributed by atoms with Crippen molar-refractivity contribution in [2.75, 3.05) is 0 Å². The molecule has 1 aromatic rings. The minimum absolute atomic E-state index is 0.226. The van der Waals surface area contributed by atoms with Crippen LogP contribution >= 0.6 is 15.9 Å². The summed E-state index contributed by atoms with van der Waals surface area (Å²) in [6.07, 6.45) is 2.30. The Morgan fingerprint density at radius 3 is 2.95 bits per heavy atom. The first-order valence-electron chi connectivity index (χ1n) is 6.36. The number of hydrazone groups is 1. The van der Waals surface area contributed by atoms with Gasteiger partial charge in [0.05, 0.1) is 5.92 Å². The first kappa shape index (κ1) is 14.9. The highest BCUT2D eigenvalue weighted by atomic mass is 79.9. The molecule has 106 valence electrons. The summed E-state index contributed by atoms with van der Waals surface area (Å²) in [6, 6.07) is 7.03. The molecule has 0 spiro atoms. The van der Waals surface area contributed by atoms with E-state index in [1.54, 1.807) is 31.2 Å². The second kappa shape index (κ2) is 5.50. The second-order valence-electron chi connectivity index (χ2n) is 5.04. The van der Waals surface area contributed by atoms with Gasteiger partial charge >= 0.3 is 0 Å². The normalized spacial score (nSPS) is 25.5. The fourth-order valence-electron chi connectivity index (χ4n) is 2.43. The van der Waals surface area contributed by atoms with Gasteiger partial charge in [0.15, 0.2) is 5.72 Å². The number of aliphatic hydroxyl groups is 1. The van der Waals surface area contributed by atoms with Crippen molar-refractivity contribution in [3.63, 3.8) is 0 Å². The monoisotopic (exact) mass is 336 g/mol. The van der Waals surface area contributed by atoms with Crippen molar-refractivity contribution in [1.82, 2.24) is 5.01 Å². The molecule has 0 radical (unpaired) electrons. The van der Waals surface area contributed by atoms with Crippen LogP contribution in [-0.2, 0) is 0 Å². The average molecular weight is 337 g/mol. The number of rotatable bonds is 3. The molecule has 2 rings (SSSR count). The second-order valence-corrected chi connectivity index (χ2v) is 5.96. The zero-order chi connectivity index (χ0) is 14.9. The number of nitrogens with zero attached hydrogens (tertiary/aromatic N) is 2. The van der Waals surface area contributed by atoms with Crippen LogP contribution in [0.3, 0.4) is 0 Å². The van der Waals surface area contributed by atoms with E-state index in [-0.39, 0.29) is 11.8 Å². The number of halogens is 1. The SMILES string of the molecule is C=CC[C@H]1C(C)=NN(C(=O)c2cccc(Br)c2)[C@]1(C)O. The predicted molar refractivity (Wildman–Crippen MR) is 82.3 cm³/mol. The fourth-order valence-corrected chi connectivity index (χ4v) is 2.83. The highest BCUT2D eigenvalue weighted by molar-refractivity contribution is 9.10. The molecule has 0 bridgehead atoms. The lowest BCUT2D eigenvalue weighted by atomic mass is 9.90. The molecule has 20 heavy (non-hydrogen) atoms. The van der Waals surface area contributed by atoms with Gasteiger partial charge in [0.2, 0.25) is 0 Å². The van der Waals surface area contributed by atoms with Crippen LogP contribution in [0.1, 0.15) is 30.6 Å². The first-order chi connectivity index (χ1) is 9.37. The molecule has 5 heteroatoms. The van der Waals surface area contributed by atoms with Crippen LogP contribution in [0.25, 0.3) is 0 Å². The van der Waals surface area contributed by atoms with E-state index < -0.39 is 5.72 Å². The molecular weight excluding hydrogens is 320 g/mol. The molecule has 0 aliphatic carbocycles. The smallest absolute Gasteiger partial charge is 0.276 e. The fraction of sp³-hybridized carbons (Fsp3) is 0.333. The summed E-state index contributed by atoms with van der Waals surface area (Å²) in [4.78, 5) is 12.5. The van der Waals surface area contributed by atoms with Gasteiger partial charge in [0.1, 0.15) is 0 Å². The van der Waals surface area contributed by atoms with E-state index in [1.807, 2.05) is 13.0 Å². The van der Waals surface area contributed by atoms with Crippen molar-refractivity contribution in [3.05, 3.63) is 47.0 Å². The Morgan fingerprint density at radius 1 is 1.65 bits per heavy atom. The van der Waals surface area contributed by atoms with Crippen LogP contribution in [-0.4, -0.2) is 27.5 Å². The van der Waals surface area contributed by atoms with E-state index in [1.165, 1.54) is 0 Å². The lowest BCUT2D eigenvalue weighted by molar-refractivity contribution is -0.0818. The zero-order valence-corrected chi connectivity index (χ0v) is 13.1. The molecule has 1 aromatic carbocycles. The van der Waals surface area contributed by atoms with Gasteiger partial charge in [-0.25, -0.2) is 0 Å². The lowest BCUT2D eigenvalue weighted by Gasteiger charge is -2.32. The highest BCUT2D eigenvalue weighted by Gasteiger charge is 2.47. The maximum atomic E-state index is 12.5. The molecular formula is C15H17BrN2O2. The minimum atomic E-state index is -1.34. The minimum Gasteiger partial charge on any atom is -0.369 e. The number of carbonyl (C=O) groups is 1. The molecule has 2 atom stereocenters. The van der Waals surface area contributed by atoms with E-state index in [0.717, 1.165) is 15.2 Å². The van der Waals surface area contributed by atoms with Gasteiger partial charge in [0, 0.05) is 15.7 Å². The molecule has 0 saturated heterocycles. The Bertz CT molecular complexity index is 581. The Morgan fingerprint density at radius 2 is 2.35 bits per heavy atom. The van der Waals surface area contributed by atoms with Crippen LogP contribution in [0.15, 0.2) is 46.5 Å². The van der Waals surface area contributed by atoms with Crippen LogP contribution in [0.5, 0.6) is 0 Å². The molecule has 0 saturated carbocycles. The number of hydrogen-bond acceptors (Lipinski definition) is 3. The average Bonchev–Trinajstić information content (AvgIpc) is 2.61. The van der Waals surface area contributed by atoms with Crippen molar-refractivity contribution in [1.29, 1.82) is 0 Å². The molecule has 1 heterocycles. The summed E-state index contributed by atoms with van der Waals surface area (Å²) in [7, 11) is 0. The van der Waals surface area contributed by atoms with Gasteiger partial charge in [-0.05, 0) is 38.5 Å². The van der Waals surface area contributed by atoms with Gasteiger partial charge < -0.3 is 5.11 Å². The summed E-state index contributed by atoms with van der Waals surface area (Å²) >= 11 is 3.33. The quantitative estimate of drug-likeness (QED) is 0.862. The summed E-state index contributed by atoms with van der Waals surface area (Å²) < 4.78 is 0.811. The predicted octanol–water partition coefficient (Wildman–Crippen LogP) is 3.18. The number of hydrogen-bond donors (Lipinski definition) is 1. The van der Waals surface area contributed by atoms with E-state index in [2.05, 4.69) is 27.6 Å². The van der Waals surface area contributed by atoms with Gasteiger partial charge in [-0.3, -0.25) is 4.79 Å². The number of amides is 1. The van der Waals surface area contributed by atoms with E-state index in [9.17, 15) is 9.90 Å². The maximum absolute atomic E-state index is 12.5. The Labute approximate surface area is 126 Å². The topological polar surface area (TPSA) is 52.9 Å². The molecule has 1 N–H and O–H groups in total. The molecule has 1 amide bonds. The molecule has 1 aliphatic rings. The third-order valence-corrected chi connectivity index (χ3v) is 4.01. The number of benzene rings is 1. The molecule has 0 aromatic heterocycles. The molecule has 1 aliphatic heterocycles. The van der Waals surface area contributed by atoms with Crippen molar-refractivity contribution >= 4 is 27.5 Å². The summed E-state index contributed by atoms with van der Waals surface area (Å²) in [5.74, 6) is -0.543. The van der Waals surface area contributed by atoms with Gasteiger partial charge in [-0.2, -0.15) is 10.1 Å². The Hall–Kier alpha value is -1.46. The summed E-state index contributed by atoms with van der Waals surface area (Å²) in [6.45, 7) is 7.11. The lowest BCUT2D eigenvalue weighted by Crippen LogP contribution is -2.48. The molecule has 0 fully saturated rings. The van der Waals surface area contributed by atoms with Crippen molar-refractivity contribution in [2.24, 2.45) is 11.0 Å². The van der Waals surface area contributed by atoms with E-state index >= 15 is 0 Å². The van der Waals surface area contributed by atoms with Crippen LogP contribution < -0.4 is 0 Å². The van der Waals surface area contributed by atoms with Crippen molar-refractivity contribution in [2.45, 2.75) is 26.0 Å². The third kappa shape index (κ3) is 2.55. The highest BCUT2D eigenvalue weighted by Crippen LogP contribution is 2.34. The van der Waals surface area contributed by atoms with E-state index in [4.69, 9.17) is 0 Å². The standard InChI is InChI=1S/C15H17BrN2O2/c1-4-6-13-10(2)17-18(15(13,3)20)14(19)11-7-5-8-12(16)9-11/h4-5,7-9,13,20H,1,6H2,2-3H3/t13-,15+/m0/s1. The Kier molecular flexibility index (Phi) is 4.11. The van der Waals surface area contributed by atoms with E-state index in [0.29, 0.717) is 12.0 Å². The number of carbonyl (C=O) groups excluding carboxylic acids is 1. The first-order valence-corrected chi connectivity index (χ1v) is 7.15. The largest absolute Gasteiger partial charge is 0.369 e. The van der Waals surface area contributed by atoms with Gasteiger partial charge in [0.25, 0.3) is 5.91 Å². The third-order valence-electron chi connectivity index (χ3n) is 3.52. The van der Waals surface area contributed by atoms with Crippen molar-refractivity contribution in [3.8, 4) is 0 Å². The zero-order valence-electron chi connectivity index (χ0n) is 11.5. The van der Waals surface area contributed by atoms with Crippen LogP contribution in [0.2, 0.25) is 0 Å². The van der Waals surface area contributed by atoms with Crippen LogP contribution in [0, 0.1) is 5.92 Å². The van der Waals surface area contributed by atoms with Gasteiger partial charge in [-0.15, -0.1) is 6.58 Å². The summed E-state index contributed by atoms with van der Waals surface area (Å²) in [5.41, 5.74) is -0.119. The number of allylic oxidation sites excluding steroid dienone is 1. The summed E-state index contributed by atoms with van der Waals surface area (Å²) in [5, 5.41) is 16.0.